The molecule has 0 saturated heterocycles. The van der Waals surface area contributed by atoms with Gasteiger partial charge in [-0.2, -0.15) is 11.8 Å². The van der Waals surface area contributed by atoms with Crippen LogP contribution in [0.3, 0.4) is 0 Å². The number of hydrogen-bond acceptors (Lipinski definition) is 4. The zero-order chi connectivity index (χ0) is 14.1. The van der Waals surface area contributed by atoms with E-state index in [9.17, 15) is 10.1 Å². The van der Waals surface area contributed by atoms with Crippen LogP contribution in [-0.2, 0) is 0 Å². The number of nitro groups is 1. The summed E-state index contributed by atoms with van der Waals surface area (Å²) in [5.74, 6) is 1.90. The summed E-state index contributed by atoms with van der Waals surface area (Å²) in [6.45, 7) is 5.09. The minimum absolute atomic E-state index is 0.0954. The van der Waals surface area contributed by atoms with Gasteiger partial charge in [0.15, 0.2) is 0 Å². The average Bonchev–Trinajstić information content (AvgIpc) is 2.38. The molecule has 0 saturated carbocycles. The molecule has 0 N–H and O–H groups in total. The first-order valence-corrected chi connectivity index (χ1v) is 7.63. The minimum Gasteiger partial charge on any atom is -0.494 e. The number of non-ortho nitro benzene ring substituents is 1. The van der Waals surface area contributed by atoms with Crippen LogP contribution in [0.2, 0.25) is 0 Å². The van der Waals surface area contributed by atoms with Gasteiger partial charge in [-0.15, -0.1) is 0 Å². The third-order valence-electron chi connectivity index (χ3n) is 2.56. The highest BCUT2D eigenvalue weighted by Crippen LogP contribution is 2.18. The molecule has 1 rings (SSSR count). The topological polar surface area (TPSA) is 52.4 Å². The lowest BCUT2D eigenvalue weighted by Gasteiger charge is -2.06. The first-order chi connectivity index (χ1) is 9.09. The smallest absolute Gasteiger partial charge is 0.269 e. The van der Waals surface area contributed by atoms with E-state index >= 15 is 0 Å². The summed E-state index contributed by atoms with van der Waals surface area (Å²) >= 11 is 1.99. The van der Waals surface area contributed by atoms with Crippen molar-refractivity contribution >= 4 is 17.4 Å². The number of rotatable bonds is 9. The van der Waals surface area contributed by atoms with Crippen LogP contribution < -0.4 is 4.74 Å². The quantitative estimate of drug-likeness (QED) is 0.385. The maximum Gasteiger partial charge on any atom is 0.269 e. The summed E-state index contributed by atoms with van der Waals surface area (Å²) in [6, 6.07) is 6.22. The molecule has 0 aliphatic rings. The third-order valence-corrected chi connectivity index (χ3v) is 3.75. The molecule has 1 aromatic rings. The summed E-state index contributed by atoms with van der Waals surface area (Å²) in [7, 11) is 0. The molecule has 106 valence electrons. The van der Waals surface area contributed by atoms with Crippen LogP contribution in [0.25, 0.3) is 0 Å². The van der Waals surface area contributed by atoms with E-state index < -0.39 is 4.92 Å². The van der Waals surface area contributed by atoms with Gasteiger partial charge in [-0.25, -0.2) is 0 Å². The number of thioether (sulfide) groups is 1. The van der Waals surface area contributed by atoms with Gasteiger partial charge in [0, 0.05) is 12.1 Å². The average molecular weight is 283 g/mol. The number of benzene rings is 1. The van der Waals surface area contributed by atoms with Gasteiger partial charge in [-0.05, 0) is 42.4 Å². The zero-order valence-corrected chi connectivity index (χ0v) is 12.3. The van der Waals surface area contributed by atoms with Gasteiger partial charge in [0.2, 0.25) is 0 Å². The summed E-state index contributed by atoms with van der Waals surface area (Å²) < 4.78 is 5.54. The molecule has 0 aliphatic heterocycles. The van der Waals surface area contributed by atoms with Crippen molar-refractivity contribution < 1.29 is 9.66 Å². The maximum atomic E-state index is 10.5. The highest BCUT2D eigenvalue weighted by Gasteiger charge is 2.04. The molecule has 0 amide bonds. The lowest BCUT2D eigenvalue weighted by atomic mass is 10.2. The molecule has 0 aliphatic carbocycles. The monoisotopic (exact) mass is 283 g/mol. The number of unbranched alkanes of at least 4 members (excludes halogenated alkanes) is 2. The molecule has 0 spiro atoms. The number of ether oxygens (including phenoxy) is 1. The van der Waals surface area contributed by atoms with Crippen molar-refractivity contribution in [1.82, 2.24) is 0 Å². The van der Waals surface area contributed by atoms with Gasteiger partial charge < -0.3 is 4.74 Å². The zero-order valence-electron chi connectivity index (χ0n) is 11.5. The van der Waals surface area contributed by atoms with Crippen LogP contribution in [0.4, 0.5) is 5.69 Å². The van der Waals surface area contributed by atoms with Crippen molar-refractivity contribution in [3.05, 3.63) is 34.4 Å². The minimum atomic E-state index is -0.407. The molecule has 0 fully saturated rings. The van der Waals surface area contributed by atoms with Crippen LogP contribution >= 0.6 is 11.8 Å². The summed E-state index contributed by atoms with van der Waals surface area (Å²) in [4.78, 5) is 10.1. The fourth-order valence-corrected chi connectivity index (χ4v) is 2.40. The Labute approximate surface area is 118 Å². The van der Waals surface area contributed by atoms with E-state index in [1.54, 1.807) is 12.1 Å². The highest BCUT2D eigenvalue weighted by atomic mass is 32.2. The molecule has 0 heterocycles. The highest BCUT2D eigenvalue weighted by molar-refractivity contribution is 7.99. The Morgan fingerprint density at radius 3 is 2.47 bits per heavy atom. The first kappa shape index (κ1) is 15.8. The lowest BCUT2D eigenvalue weighted by molar-refractivity contribution is -0.384. The molecule has 0 radical (unpaired) electrons. The summed E-state index contributed by atoms with van der Waals surface area (Å²) in [5, 5.41) is 11.2. The summed E-state index contributed by atoms with van der Waals surface area (Å²) in [6.07, 6.45) is 3.40. The standard InChI is InChI=1S/C14H21NO3S/c1-12(2)19-11-5-3-4-10-18-14-8-6-13(7-9-14)15(16)17/h6-9,12H,3-5,10-11H2,1-2H3. The maximum absolute atomic E-state index is 10.5. The lowest BCUT2D eigenvalue weighted by Crippen LogP contribution is -1.98. The predicted octanol–water partition coefficient (Wildman–Crippen LogP) is 4.29. The van der Waals surface area contributed by atoms with Gasteiger partial charge in [-0.3, -0.25) is 10.1 Å². The first-order valence-electron chi connectivity index (χ1n) is 6.58. The van der Waals surface area contributed by atoms with Crippen molar-refractivity contribution in [2.45, 2.75) is 38.4 Å². The van der Waals surface area contributed by atoms with E-state index in [-0.39, 0.29) is 5.69 Å². The normalized spacial score (nSPS) is 10.7. The Hall–Kier alpha value is -1.23. The van der Waals surface area contributed by atoms with Crippen LogP contribution in [0.15, 0.2) is 24.3 Å². The number of nitro benzene ring substituents is 1. The van der Waals surface area contributed by atoms with Crippen molar-refractivity contribution in [1.29, 1.82) is 0 Å². The molecule has 0 bridgehead atoms. The number of hydrogen-bond donors (Lipinski definition) is 0. The van der Waals surface area contributed by atoms with Crippen LogP contribution in [0, 0.1) is 10.1 Å². The third kappa shape index (κ3) is 7.06. The van der Waals surface area contributed by atoms with E-state index in [2.05, 4.69) is 13.8 Å². The van der Waals surface area contributed by atoms with E-state index in [4.69, 9.17) is 4.74 Å². The van der Waals surface area contributed by atoms with Crippen molar-refractivity contribution in [3.8, 4) is 5.75 Å². The molecular formula is C14H21NO3S. The van der Waals surface area contributed by atoms with Gasteiger partial charge in [0.1, 0.15) is 5.75 Å². The number of nitrogens with zero attached hydrogens (tertiary/aromatic N) is 1. The van der Waals surface area contributed by atoms with Gasteiger partial charge in [0.25, 0.3) is 5.69 Å². The Balaban J connectivity index is 2.11. The molecule has 4 nitrogen and oxygen atoms in total. The Morgan fingerprint density at radius 2 is 1.89 bits per heavy atom. The molecule has 5 heteroatoms. The molecule has 1 aromatic carbocycles. The van der Waals surface area contributed by atoms with Crippen molar-refractivity contribution in [2.24, 2.45) is 0 Å². The van der Waals surface area contributed by atoms with Gasteiger partial charge in [0.05, 0.1) is 11.5 Å². The predicted molar refractivity (Wildman–Crippen MR) is 80.0 cm³/mol. The second-order valence-corrected chi connectivity index (χ2v) is 6.26. The molecule has 19 heavy (non-hydrogen) atoms. The second-order valence-electron chi connectivity index (χ2n) is 4.58. The summed E-state index contributed by atoms with van der Waals surface area (Å²) in [5.41, 5.74) is 0.0954. The van der Waals surface area contributed by atoms with Crippen LogP contribution in [0.5, 0.6) is 5.75 Å². The molecule has 0 unspecified atom stereocenters. The van der Waals surface area contributed by atoms with E-state index in [1.807, 2.05) is 11.8 Å². The van der Waals surface area contributed by atoms with Crippen molar-refractivity contribution in [2.75, 3.05) is 12.4 Å². The van der Waals surface area contributed by atoms with E-state index in [0.29, 0.717) is 17.6 Å². The Bertz CT molecular complexity index is 379. The Kier molecular flexibility index (Phi) is 7.33. The Morgan fingerprint density at radius 1 is 1.21 bits per heavy atom. The van der Waals surface area contributed by atoms with Crippen LogP contribution in [-0.4, -0.2) is 22.5 Å². The molecule has 0 aromatic heterocycles. The second kappa shape index (κ2) is 8.80. The fraction of sp³-hybridized carbons (Fsp3) is 0.571. The van der Waals surface area contributed by atoms with Crippen molar-refractivity contribution in [3.63, 3.8) is 0 Å². The van der Waals surface area contributed by atoms with Gasteiger partial charge >= 0.3 is 0 Å². The molecule has 0 atom stereocenters. The largest absolute Gasteiger partial charge is 0.494 e. The molecular weight excluding hydrogens is 262 g/mol. The van der Waals surface area contributed by atoms with Gasteiger partial charge in [-0.1, -0.05) is 13.8 Å². The van der Waals surface area contributed by atoms with E-state index in [1.165, 1.54) is 24.3 Å². The SMILES string of the molecule is CC(C)SCCCCCOc1ccc([N+](=O)[O-])cc1. The fourth-order valence-electron chi connectivity index (χ4n) is 1.55. The van der Waals surface area contributed by atoms with E-state index in [0.717, 1.165) is 12.8 Å². The van der Waals surface area contributed by atoms with Crippen LogP contribution in [0.1, 0.15) is 33.1 Å².